The van der Waals surface area contributed by atoms with Crippen molar-refractivity contribution in [3.05, 3.63) is 23.8 Å². The summed E-state index contributed by atoms with van der Waals surface area (Å²) in [6, 6.07) is 1.87. The monoisotopic (exact) mass is 234 g/mol. The molecule has 0 saturated carbocycles. The largest absolute Gasteiger partial charge is 0.299 e. The van der Waals surface area contributed by atoms with Crippen LogP contribution in [0.2, 0.25) is 0 Å². The highest BCUT2D eigenvalue weighted by molar-refractivity contribution is 5.83. The maximum Gasteiger partial charge on any atom is 0.139 e. The van der Waals surface area contributed by atoms with Crippen LogP contribution < -0.4 is 0 Å². The van der Waals surface area contributed by atoms with Gasteiger partial charge in [-0.15, -0.1) is 0 Å². The predicted octanol–water partition coefficient (Wildman–Crippen LogP) is 2.82. The Kier molecular flexibility index (Phi) is 4.79. The van der Waals surface area contributed by atoms with Crippen LogP contribution in [-0.2, 0) is 11.2 Å². The zero-order valence-electron chi connectivity index (χ0n) is 11.4. The van der Waals surface area contributed by atoms with E-state index in [9.17, 15) is 4.79 Å². The minimum Gasteiger partial charge on any atom is -0.299 e. The second-order valence-electron chi connectivity index (χ2n) is 5.23. The molecule has 0 N–H and O–H groups in total. The van der Waals surface area contributed by atoms with Crippen LogP contribution in [0.25, 0.3) is 0 Å². The van der Waals surface area contributed by atoms with Crippen molar-refractivity contribution in [1.82, 2.24) is 9.97 Å². The van der Waals surface area contributed by atoms with Crippen molar-refractivity contribution in [2.45, 2.75) is 41.0 Å². The lowest BCUT2D eigenvalue weighted by Gasteiger charge is -2.20. The Morgan fingerprint density at radius 1 is 1.29 bits per heavy atom. The molecular weight excluding hydrogens is 212 g/mol. The first-order valence-corrected chi connectivity index (χ1v) is 6.24. The highest BCUT2D eigenvalue weighted by Gasteiger charge is 2.25. The van der Waals surface area contributed by atoms with Crippen molar-refractivity contribution < 1.29 is 4.79 Å². The van der Waals surface area contributed by atoms with Gasteiger partial charge in [-0.3, -0.25) is 4.79 Å². The standard InChI is InChI=1S/C14H22N2O/c1-9(2)12(14(17)10(3)4)8-13-15-7-6-11(5)16-13/h6-7,9-10,12H,8H2,1-5H3. The molecule has 0 aliphatic heterocycles. The van der Waals surface area contributed by atoms with Crippen LogP contribution in [0.3, 0.4) is 0 Å². The summed E-state index contributed by atoms with van der Waals surface area (Å²) in [4.78, 5) is 20.7. The Hall–Kier alpha value is -1.25. The van der Waals surface area contributed by atoms with Gasteiger partial charge < -0.3 is 0 Å². The molecule has 0 radical (unpaired) electrons. The molecule has 3 nitrogen and oxygen atoms in total. The molecule has 3 heteroatoms. The number of nitrogens with zero attached hydrogens (tertiary/aromatic N) is 2. The summed E-state index contributed by atoms with van der Waals surface area (Å²) in [7, 11) is 0. The van der Waals surface area contributed by atoms with Crippen LogP contribution in [0.1, 0.15) is 39.2 Å². The summed E-state index contributed by atoms with van der Waals surface area (Å²) >= 11 is 0. The number of hydrogen-bond donors (Lipinski definition) is 0. The van der Waals surface area contributed by atoms with Gasteiger partial charge in [0.2, 0.25) is 0 Å². The number of ketones is 1. The first-order valence-electron chi connectivity index (χ1n) is 6.24. The van der Waals surface area contributed by atoms with Crippen LogP contribution in [0.15, 0.2) is 12.3 Å². The molecule has 17 heavy (non-hydrogen) atoms. The average Bonchev–Trinajstić information content (AvgIpc) is 2.24. The molecule has 1 atom stereocenters. The van der Waals surface area contributed by atoms with E-state index in [0.29, 0.717) is 18.1 Å². The number of aromatic nitrogens is 2. The van der Waals surface area contributed by atoms with E-state index in [1.807, 2.05) is 26.8 Å². The zero-order valence-corrected chi connectivity index (χ0v) is 11.4. The van der Waals surface area contributed by atoms with Gasteiger partial charge in [0.05, 0.1) is 0 Å². The van der Waals surface area contributed by atoms with Gasteiger partial charge in [0, 0.05) is 30.1 Å². The second-order valence-corrected chi connectivity index (χ2v) is 5.23. The van der Waals surface area contributed by atoms with Gasteiger partial charge in [-0.25, -0.2) is 9.97 Å². The summed E-state index contributed by atoms with van der Waals surface area (Å²) in [5, 5.41) is 0. The van der Waals surface area contributed by atoms with Gasteiger partial charge in [0.15, 0.2) is 0 Å². The molecule has 1 aromatic heterocycles. The van der Waals surface area contributed by atoms with E-state index >= 15 is 0 Å². The van der Waals surface area contributed by atoms with Gasteiger partial charge in [-0.1, -0.05) is 27.7 Å². The third kappa shape index (κ3) is 3.91. The molecule has 0 amide bonds. The smallest absolute Gasteiger partial charge is 0.139 e. The highest BCUT2D eigenvalue weighted by atomic mass is 16.1. The Morgan fingerprint density at radius 3 is 2.41 bits per heavy atom. The van der Waals surface area contributed by atoms with Gasteiger partial charge in [0.25, 0.3) is 0 Å². The van der Waals surface area contributed by atoms with E-state index in [2.05, 4.69) is 23.8 Å². The van der Waals surface area contributed by atoms with E-state index in [1.54, 1.807) is 6.20 Å². The fourth-order valence-corrected chi connectivity index (χ4v) is 1.89. The third-order valence-corrected chi connectivity index (χ3v) is 2.99. The first-order chi connectivity index (χ1) is 7.91. The van der Waals surface area contributed by atoms with Crippen LogP contribution in [0.5, 0.6) is 0 Å². The Morgan fingerprint density at radius 2 is 1.94 bits per heavy atom. The van der Waals surface area contributed by atoms with Gasteiger partial charge in [0.1, 0.15) is 11.6 Å². The number of rotatable bonds is 5. The molecule has 1 rings (SSSR count). The number of carbonyl (C=O) groups is 1. The van der Waals surface area contributed by atoms with Crippen molar-refractivity contribution in [1.29, 1.82) is 0 Å². The molecule has 1 unspecified atom stereocenters. The number of aryl methyl sites for hydroxylation is 1. The van der Waals surface area contributed by atoms with Crippen LogP contribution in [0, 0.1) is 24.7 Å². The lowest BCUT2D eigenvalue weighted by Crippen LogP contribution is -2.27. The summed E-state index contributed by atoms with van der Waals surface area (Å²) < 4.78 is 0. The third-order valence-electron chi connectivity index (χ3n) is 2.99. The molecule has 0 aliphatic rings. The summed E-state index contributed by atoms with van der Waals surface area (Å²) in [5.74, 6) is 1.51. The fourth-order valence-electron chi connectivity index (χ4n) is 1.89. The predicted molar refractivity (Wildman–Crippen MR) is 68.6 cm³/mol. The van der Waals surface area contributed by atoms with Gasteiger partial charge >= 0.3 is 0 Å². The second kappa shape index (κ2) is 5.89. The minimum atomic E-state index is 0.0248. The molecule has 1 aromatic rings. The van der Waals surface area contributed by atoms with Gasteiger partial charge in [-0.2, -0.15) is 0 Å². The SMILES string of the molecule is Cc1ccnc(CC(C(=O)C(C)C)C(C)C)n1. The number of carbonyl (C=O) groups excluding carboxylic acids is 1. The molecule has 0 aliphatic carbocycles. The van der Waals surface area contributed by atoms with E-state index < -0.39 is 0 Å². The van der Waals surface area contributed by atoms with Crippen LogP contribution in [-0.4, -0.2) is 15.8 Å². The number of Topliss-reactive ketones (excluding diaryl/α,β-unsaturated/α-hetero) is 1. The maximum absolute atomic E-state index is 12.1. The molecule has 1 heterocycles. The molecule has 0 bridgehead atoms. The van der Waals surface area contributed by atoms with E-state index in [-0.39, 0.29) is 11.8 Å². The lowest BCUT2D eigenvalue weighted by molar-refractivity contribution is -0.127. The molecule has 94 valence electrons. The average molecular weight is 234 g/mol. The van der Waals surface area contributed by atoms with Crippen molar-refractivity contribution in [3.8, 4) is 0 Å². The number of hydrogen-bond acceptors (Lipinski definition) is 3. The lowest BCUT2D eigenvalue weighted by atomic mass is 9.83. The Balaban J connectivity index is 2.84. The maximum atomic E-state index is 12.1. The first kappa shape index (κ1) is 13.8. The van der Waals surface area contributed by atoms with Crippen molar-refractivity contribution in [2.75, 3.05) is 0 Å². The van der Waals surface area contributed by atoms with Gasteiger partial charge in [-0.05, 0) is 18.9 Å². The molecule has 0 aromatic carbocycles. The zero-order chi connectivity index (χ0) is 13.0. The Labute approximate surface area is 104 Å². The minimum absolute atomic E-state index is 0.0248. The molecule has 0 fully saturated rings. The topological polar surface area (TPSA) is 42.9 Å². The van der Waals surface area contributed by atoms with Crippen molar-refractivity contribution in [2.24, 2.45) is 17.8 Å². The van der Waals surface area contributed by atoms with Crippen molar-refractivity contribution in [3.63, 3.8) is 0 Å². The van der Waals surface area contributed by atoms with E-state index in [4.69, 9.17) is 0 Å². The summed E-state index contributed by atoms with van der Waals surface area (Å²) in [5.41, 5.74) is 0.953. The van der Waals surface area contributed by atoms with Crippen LogP contribution >= 0.6 is 0 Å². The molecular formula is C14H22N2O. The van der Waals surface area contributed by atoms with E-state index in [1.165, 1.54) is 0 Å². The molecule has 0 saturated heterocycles. The fraction of sp³-hybridized carbons (Fsp3) is 0.643. The normalized spacial score (nSPS) is 13.1. The highest BCUT2D eigenvalue weighted by Crippen LogP contribution is 2.20. The van der Waals surface area contributed by atoms with Crippen LogP contribution in [0.4, 0.5) is 0 Å². The Bertz CT molecular complexity index is 386. The van der Waals surface area contributed by atoms with E-state index in [0.717, 1.165) is 11.5 Å². The summed E-state index contributed by atoms with van der Waals surface area (Å²) in [6.45, 7) is 10.0. The summed E-state index contributed by atoms with van der Waals surface area (Å²) in [6.07, 6.45) is 2.41. The molecule has 0 spiro atoms. The quantitative estimate of drug-likeness (QED) is 0.786. The van der Waals surface area contributed by atoms with Crippen molar-refractivity contribution >= 4 is 5.78 Å².